The topological polar surface area (TPSA) is 39.9 Å². The molecule has 0 saturated carbocycles. The molecule has 0 unspecified atom stereocenters. The van der Waals surface area contributed by atoms with Crippen molar-refractivity contribution in [1.29, 1.82) is 5.26 Å². The monoisotopic (exact) mass is 259 g/mol. The number of nitrogens with zero attached hydrogens (tertiary/aromatic N) is 3. The number of aryl methyl sites for hydroxylation is 1. The van der Waals surface area contributed by atoms with Crippen molar-refractivity contribution in [3.8, 4) is 6.07 Å². The quantitative estimate of drug-likeness (QED) is 0.777. The van der Waals surface area contributed by atoms with Crippen LogP contribution in [0, 0.1) is 24.2 Å². The third-order valence-corrected chi connectivity index (χ3v) is 3.47. The van der Waals surface area contributed by atoms with Gasteiger partial charge in [-0.3, -0.25) is 0 Å². The van der Waals surface area contributed by atoms with Gasteiger partial charge in [0, 0.05) is 18.8 Å². The Balaban J connectivity index is 3.25. The molecule has 1 aromatic heterocycles. The summed E-state index contributed by atoms with van der Waals surface area (Å²) in [6.45, 7) is 11.7. The molecule has 0 aliphatic carbocycles. The fraction of sp³-hybridized carbons (Fsp3) is 0.625. The minimum Gasteiger partial charge on any atom is -0.352 e. The number of nitriles is 1. The van der Waals surface area contributed by atoms with Crippen LogP contribution in [0.2, 0.25) is 0 Å². The molecule has 1 aromatic rings. The first kappa shape index (κ1) is 15.5. The van der Waals surface area contributed by atoms with Gasteiger partial charge in [-0.1, -0.05) is 27.7 Å². The molecule has 1 rings (SSSR count). The average Bonchev–Trinajstić information content (AvgIpc) is 2.38. The minimum atomic E-state index is 0.448. The number of anilines is 1. The zero-order chi connectivity index (χ0) is 14.4. The zero-order valence-corrected chi connectivity index (χ0v) is 12.8. The maximum absolute atomic E-state index is 9.39. The SMILES string of the molecule is CCC(CC)N(CC(C)C)c1nccc(C)c1C#N. The molecule has 0 saturated heterocycles. The lowest BCUT2D eigenvalue weighted by molar-refractivity contribution is 0.503. The second kappa shape index (κ2) is 7.13. The maximum atomic E-state index is 9.39. The summed E-state index contributed by atoms with van der Waals surface area (Å²) < 4.78 is 0. The maximum Gasteiger partial charge on any atom is 0.147 e. The fourth-order valence-corrected chi connectivity index (χ4v) is 2.43. The molecule has 0 bridgehead atoms. The molecule has 19 heavy (non-hydrogen) atoms. The largest absolute Gasteiger partial charge is 0.352 e. The number of pyridine rings is 1. The van der Waals surface area contributed by atoms with Gasteiger partial charge >= 0.3 is 0 Å². The molecule has 0 amide bonds. The Morgan fingerprint density at radius 1 is 1.32 bits per heavy atom. The fourth-order valence-electron chi connectivity index (χ4n) is 2.43. The Morgan fingerprint density at radius 3 is 2.42 bits per heavy atom. The lowest BCUT2D eigenvalue weighted by atomic mass is 10.0. The summed E-state index contributed by atoms with van der Waals surface area (Å²) in [5, 5.41) is 9.39. The smallest absolute Gasteiger partial charge is 0.147 e. The van der Waals surface area contributed by atoms with Crippen LogP contribution < -0.4 is 4.90 Å². The van der Waals surface area contributed by atoms with E-state index in [0.717, 1.165) is 36.3 Å². The second-order valence-electron chi connectivity index (χ2n) is 5.45. The van der Waals surface area contributed by atoms with E-state index >= 15 is 0 Å². The summed E-state index contributed by atoms with van der Waals surface area (Å²) in [6.07, 6.45) is 3.95. The van der Waals surface area contributed by atoms with E-state index in [9.17, 15) is 5.26 Å². The lowest BCUT2D eigenvalue weighted by Gasteiger charge is -2.33. The van der Waals surface area contributed by atoms with Crippen LogP contribution in [0.3, 0.4) is 0 Å². The van der Waals surface area contributed by atoms with Gasteiger partial charge in [0.15, 0.2) is 0 Å². The summed E-state index contributed by atoms with van der Waals surface area (Å²) in [4.78, 5) is 6.80. The molecule has 3 heteroatoms. The standard InChI is InChI=1S/C16H25N3/c1-6-14(7-2)19(11-12(3)4)16-15(10-17)13(5)8-9-18-16/h8-9,12,14H,6-7,11H2,1-5H3. The summed E-state index contributed by atoms with van der Waals surface area (Å²) in [7, 11) is 0. The number of hydrogen-bond acceptors (Lipinski definition) is 3. The van der Waals surface area contributed by atoms with Gasteiger partial charge in [0.05, 0.1) is 5.56 Å². The number of aromatic nitrogens is 1. The van der Waals surface area contributed by atoms with Crippen LogP contribution in [0.4, 0.5) is 5.82 Å². The van der Waals surface area contributed by atoms with Crippen LogP contribution in [0.25, 0.3) is 0 Å². The summed E-state index contributed by atoms with van der Waals surface area (Å²) >= 11 is 0. The van der Waals surface area contributed by atoms with E-state index in [0.29, 0.717) is 12.0 Å². The molecular weight excluding hydrogens is 234 g/mol. The molecule has 0 aromatic carbocycles. The van der Waals surface area contributed by atoms with Gasteiger partial charge in [0.2, 0.25) is 0 Å². The van der Waals surface area contributed by atoms with Gasteiger partial charge < -0.3 is 4.90 Å². The molecule has 1 heterocycles. The Morgan fingerprint density at radius 2 is 1.95 bits per heavy atom. The average molecular weight is 259 g/mol. The molecule has 0 radical (unpaired) electrons. The van der Waals surface area contributed by atoms with Gasteiger partial charge in [-0.05, 0) is 37.3 Å². The predicted octanol–water partition coefficient (Wildman–Crippen LogP) is 3.91. The van der Waals surface area contributed by atoms with Gasteiger partial charge in [-0.15, -0.1) is 0 Å². The lowest BCUT2D eigenvalue weighted by Crippen LogP contribution is -2.38. The summed E-state index contributed by atoms with van der Waals surface area (Å²) in [5.41, 5.74) is 1.72. The van der Waals surface area contributed by atoms with Crippen molar-refractivity contribution in [2.45, 2.75) is 53.5 Å². The molecule has 0 N–H and O–H groups in total. The van der Waals surface area contributed by atoms with Crippen molar-refractivity contribution in [1.82, 2.24) is 4.98 Å². The van der Waals surface area contributed by atoms with Crippen LogP contribution in [-0.4, -0.2) is 17.6 Å². The van der Waals surface area contributed by atoms with E-state index in [-0.39, 0.29) is 0 Å². The van der Waals surface area contributed by atoms with Gasteiger partial charge in [0.1, 0.15) is 11.9 Å². The third-order valence-electron chi connectivity index (χ3n) is 3.47. The van der Waals surface area contributed by atoms with E-state index in [4.69, 9.17) is 0 Å². The first-order valence-corrected chi connectivity index (χ1v) is 7.17. The van der Waals surface area contributed by atoms with E-state index in [1.54, 1.807) is 6.20 Å². The van der Waals surface area contributed by atoms with Crippen molar-refractivity contribution in [2.75, 3.05) is 11.4 Å². The molecule has 3 nitrogen and oxygen atoms in total. The van der Waals surface area contributed by atoms with E-state index in [1.165, 1.54) is 0 Å². The van der Waals surface area contributed by atoms with Crippen LogP contribution in [0.15, 0.2) is 12.3 Å². The van der Waals surface area contributed by atoms with Crippen molar-refractivity contribution >= 4 is 5.82 Å². The Bertz CT molecular complexity index is 442. The molecule has 0 atom stereocenters. The normalized spacial score (nSPS) is 10.8. The van der Waals surface area contributed by atoms with E-state index in [1.807, 2.05) is 13.0 Å². The van der Waals surface area contributed by atoms with Gasteiger partial charge in [-0.25, -0.2) is 4.98 Å². The predicted molar refractivity (Wildman–Crippen MR) is 80.2 cm³/mol. The van der Waals surface area contributed by atoms with Crippen molar-refractivity contribution in [3.05, 3.63) is 23.4 Å². The van der Waals surface area contributed by atoms with Crippen LogP contribution in [-0.2, 0) is 0 Å². The molecule has 0 aliphatic heterocycles. The van der Waals surface area contributed by atoms with Crippen LogP contribution in [0.1, 0.15) is 51.7 Å². The highest BCUT2D eigenvalue weighted by Crippen LogP contribution is 2.25. The van der Waals surface area contributed by atoms with Crippen LogP contribution >= 0.6 is 0 Å². The second-order valence-corrected chi connectivity index (χ2v) is 5.45. The van der Waals surface area contributed by atoms with Crippen molar-refractivity contribution in [2.24, 2.45) is 5.92 Å². The zero-order valence-electron chi connectivity index (χ0n) is 12.8. The highest BCUT2D eigenvalue weighted by atomic mass is 15.2. The molecule has 104 valence electrons. The van der Waals surface area contributed by atoms with Gasteiger partial charge in [0.25, 0.3) is 0 Å². The third kappa shape index (κ3) is 3.70. The highest BCUT2D eigenvalue weighted by Gasteiger charge is 2.21. The number of hydrogen-bond donors (Lipinski definition) is 0. The first-order valence-electron chi connectivity index (χ1n) is 7.17. The Labute approximate surface area is 117 Å². The summed E-state index contributed by atoms with van der Waals surface area (Å²) in [5.74, 6) is 1.40. The number of rotatable bonds is 6. The Hall–Kier alpha value is -1.56. The molecule has 0 spiro atoms. The van der Waals surface area contributed by atoms with Crippen molar-refractivity contribution in [3.63, 3.8) is 0 Å². The molecule has 0 aliphatic rings. The molecular formula is C16H25N3. The summed E-state index contributed by atoms with van der Waals surface area (Å²) in [6, 6.07) is 4.67. The molecule has 0 fully saturated rings. The highest BCUT2D eigenvalue weighted by molar-refractivity contribution is 5.57. The van der Waals surface area contributed by atoms with E-state index < -0.39 is 0 Å². The minimum absolute atomic E-state index is 0.448. The Kier molecular flexibility index (Phi) is 5.82. The van der Waals surface area contributed by atoms with Crippen LogP contribution in [0.5, 0.6) is 0 Å². The van der Waals surface area contributed by atoms with E-state index in [2.05, 4.69) is 43.6 Å². The first-order chi connectivity index (χ1) is 9.04. The van der Waals surface area contributed by atoms with Gasteiger partial charge in [-0.2, -0.15) is 5.26 Å². The van der Waals surface area contributed by atoms with Crippen molar-refractivity contribution < 1.29 is 0 Å².